The fourth-order valence-electron chi connectivity index (χ4n) is 1.82. The summed E-state index contributed by atoms with van der Waals surface area (Å²) in [6.45, 7) is 11.4. The van der Waals surface area contributed by atoms with Crippen molar-refractivity contribution in [2.45, 2.75) is 70.4 Å². The lowest BCUT2D eigenvalue weighted by Crippen LogP contribution is -2.45. The van der Waals surface area contributed by atoms with Crippen molar-refractivity contribution in [1.29, 1.82) is 0 Å². The SMILES string of the molecule is CC(C)(C)[Si](C)(C)OC[C@@H]1CC(=O)C[C@H](CC=O)O1. The molecule has 1 heterocycles. The van der Waals surface area contributed by atoms with E-state index in [2.05, 4.69) is 33.9 Å². The molecule has 1 aliphatic heterocycles. The number of hydrogen-bond acceptors (Lipinski definition) is 4. The van der Waals surface area contributed by atoms with Crippen LogP contribution in [-0.2, 0) is 18.8 Å². The summed E-state index contributed by atoms with van der Waals surface area (Å²) in [5.41, 5.74) is 0. The standard InChI is InChI=1S/C14H26O4Si/c1-14(2,3)19(4,5)17-10-13-9-11(16)8-12(18-13)6-7-15/h7,12-13H,6,8-10H2,1-5H3/t12-,13-/m0/s1. The average molecular weight is 286 g/mol. The van der Waals surface area contributed by atoms with Crippen molar-refractivity contribution in [3.8, 4) is 0 Å². The van der Waals surface area contributed by atoms with Crippen molar-refractivity contribution in [2.24, 2.45) is 0 Å². The zero-order chi connectivity index (χ0) is 14.7. The van der Waals surface area contributed by atoms with Crippen LogP contribution in [0.2, 0.25) is 18.1 Å². The summed E-state index contributed by atoms with van der Waals surface area (Å²) < 4.78 is 11.8. The fourth-order valence-corrected chi connectivity index (χ4v) is 2.86. The molecule has 0 aliphatic carbocycles. The summed E-state index contributed by atoms with van der Waals surface area (Å²) >= 11 is 0. The first-order valence-corrected chi connectivity index (χ1v) is 9.81. The van der Waals surface area contributed by atoms with Crippen LogP contribution in [0.4, 0.5) is 0 Å². The van der Waals surface area contributed by atoms with Crippen LogP contribution in [0.15, 0.2) is 0 Å². The van der Waals surface area contributed by atoms with Crippen LogP contribution < -0.4 is 0 Å². The Morgan fingerprint density at radius 2 is 1.89 bits per heavy atom. The van der Waals surface area contributed by atoms with E-state index in [1.807, 2.05) is 0 Å². The molecular weight excluding hydrogens is 260 g/mol. The molecule has 0 unspecified atom stereocenters. The highest BCUT2D eigenvalue weighted by Crippen LogP contribution is 2.37. The van der Waals surface area contributed by atoms with Crippen molar-refractivity contribution < 1.29 is 18.8 Å². The molecule has 1 aliphatic rings. The van der Waals surface area contributed by atoms with E-state index in [1.165, 1.54) is 0 Å². The average Bonchev–Trinajstić information content (AvgIpc) is 2.25. The van der Waals surface area contributed by atoms with Crippen LogP contribution in [0.3, 0.4) is 0 Å². The van der Waals surface area contributed by atoms with Crippen LogP contribution >= 0.6 is 0 Å². The molecule has 0 spiro atoms. The third-order valence-corrected chi connectivity index (χ3v) is 8.59. The second-order valence-electron chi connectivity index (χ2n) is 6.80. The molecule has 0 aromatic carbocycles. The minimum atomic E-state index is -1.81. The van der Waals surface area contributed by atoms with E-state index < -0.39 is 8.32 Å². The number of ketones is 1. The van der Waals surface area contributed by atoms with Gasteiger partial charge < -0.3 is 14.0 Å². The van der Waals surface area contributed by atoms with Gasteiger partial charge in [0.05, 0.1) is 18.8 Å². The molecule has 0 aromatic rings. The van der Waals surface area contributed by atoms with E-state index >= 15 is 0 Å². The minimum absolute atomic E-state index is 0.147. The molecule has 0 saturated carbocycles. The Morgan fingerprint density at radius 3 is 2.42 bits per heavy atom. The number of Topliss-reactive ketones (excluding diaryl/α,β-unsaturated/α-hetero) is 1. The van der Waals surface area contributed by atoms with Gasteiger partial charge in [-0.25, -0.2) is 0 Å². The van der Waals surface area contributed by atoms with Gasteiger partial charge in [-0.05, 0) is 18.1 Å². The summed E-state index contributed by atoms with van der Waals surface area (Å²) in [6.07, 6.45) is 1.42. The molecule has 2 atom stereocenters. The molecule has 1 rings (SSSR count). The van der Waals surface area contributed by atoms with Gasteiger partial charge in [-0.1, -0.05) is 20.8 Å². The van der Waals surface area contributed by atoms with E-state index in [0.29, 0.717) is 25.9 Å². The van der Waals surface area contributed by atoms with Gasteiger partial charge in [0.2, 0.25) is 0 Å². The molecule has 110 valence electrons. The molecule has 1 fully saturated rings. The van der Waals surface area contributed by atoms with Crippen molar-refractivity contribution in [2.75, 3.05) is 6.61 Å². The molecule has 4 nitrogen and oxygen atoms in total. The van der Waals surface area contributed by atoms with Crippen LogP contribution in [0.25, 0.3) is 0 Å². The van der Waals surface area contributed by atoms with Crippen molar-refractivity contribution in [1.82, 2.24) is 0 Å². The summed E-state index contributed by atoms with van der Waals surface area (Å²) in [6, 6.07) is 0. The smallest absolute Gasteiger partial charge is 0.192 e. The van der Waals surface area contributed by atoms with Gasteiger partial charge in [-0.2, -0.15) is 0 Å². The predicted molar refractivity (Wildman–Crippen MR) is 76.7 cm³/mol. The number of rotatable bonds is 5. The molecule has 0 N–H and O–H groups in total. The number of carbonyl (C=O) groups is 2. The summed E-state index contributed by atoms with van der Waals surface area (Å²) in [5.74, 6) is 0.168. The maximum atomic E-state index is 11.6. The molecule has 0 radical (unpaired) electrons. The maximum absolute atomic E-state index is 11.6. The summed E-state index contributed by atoms with van der Waals surface area (Å²) in [7, 11) is -1.81. The largest absolute Gasteiger partial charge is 0.414 e. The molecule has 0 bridgehead atoms. The van der Waals surface area contributed by atoms with E-state index in [4.69, 9.17) is 9.16 Å². The first kappa shape index (κ1) is 16.5. The van der Waals surface area contributed by atoms with Gasteiger partial charge in [-0.15, -0.1) is 0 Å². The van der Waals surface area contributed by atoms with Crippen LogP contribution in [0, 0.1) is 0 Å². The predicted octanol–water partition coefficient (Wildman–Crippen LogP) is 2.71. The van der Waals surface area contributed by atoms with E-state index in [0.717, 1.165) is 6.29 Å². The van der Waals surface area contributed by atoms with Crippen LogP contribution in [0.1, 0.15) is 40.0 Å². The van der Waals surface area contributed by atoms with Gasteiger partial charge in [0.15, 0.2) is 8.32 Å². The highest BCUT2D eigenvalue weighted by atomic mass is 28.4. The molecule has 0 aromatic heterocycles. The van der Waals surface area contributed by atoms with E-state index in [9.17, 15) is 9.59 Å². The Labute approximate surface area is 117 Å². The van der Waals surface area contributed by atoms with Crippen molar-refractivity contribution >= 4 is 20.4 Å². The number of aldehydes is 1. The fraction of sp³-hybridized carbons (Fsp3) is 0.857. The topological polar surface area (TPSA) is 52.6 Å². The monoisotopic (exact) mass is 286 g/mol. The molecule has 0 amide bonds. The zero-order valence-electron chi connectivity index (χ0n) is 12.7. The Balaban J connectivity index is 2.53. The number of carbonyl (C=O) groups excluding carboxylic acids is 2. The molecule has 5 heteroatoms. The number of hydrogen-bond donors (Lipinski definition) is 0. The second kappa shape index (κ2) is 6.28. The van der Waals surface area contributed by atoms with Crippen LogP contribution in [0.5, 0.6) is 0 Å². The quantitative estimate of drug-likeness (QED) is 0.576. The van der Waals surface area contributed by atoms with E-state index in [1.54, 1.807) is 0 Å². The lowest BCUT2D eigenvalue weighted by molar-refractivity contribution is -0.139. The van der Waals surface area contributed by atoms with E-state index in [-0.39, 0.29) is 23.0 Å². The van der Waals surface area contributed by atoms with Gasteiger partial charge in [0.1, 0.15) is 12.1 Å². The van der Waals surface area contributed by atoms with Gasteiger partial charge in [0, 0.05) is 19.3 Å². The minimum Gasteiger partial charge on any atom is -0.414 e. The first-order valence-electron chi connectivity index (χ1n) is 6.90. The van der Waals surface area contributed by atoms with Gasteiger partial charge >= 0.3 is 0 Å². The summed E-state index contributed by atoms with van der Waals surface area (Å²) in [4.78, 5) is 22.2. The third kappa shape index (κ3) is 4.82. The molecular formula is C14H26O4Si. The Morgan fingerprint density at radius 1 is 1.32 bits per heavy atom. The molecule has 19 heavy (non-hydrogen) atoms. The maximum Gasteiger partial charge on any atom is 0.192 e. The Bertz CT molecular complexity index is 333. The Hall–Kier alpha value is -0.523. The number of ether oxygens (including phenoxy) is 1. The van der Waals surface area contributed by atoms with Crippen molar-refractivity contribution in [3.63, 3.8) is 0 Å². The third-order valence-electron chi connectivity index (χ3n) is 4.09. The second-order valence-corrected chi connectivity index (χ2v) is 11.6. The van der Waals surface area contributed by atoms with Crippen molar-refractivity contribution in [3.05, 3.63) is 0 Å². The highest BCUT2D eigenvalue weighted by molar-refractivity contribution is 6.74. The van der Waals surface area contributed by atoms with Gasteiger partial charge in [0.25, 0.3) is 0 Å². The lowest BCUT2D eigenvalue weighted by Gasteiger charge is -2.38. The van der Waals surface area contributed by atoms with Gasteiger partial charge in [-0.3, -0.25) is 4.79 Å². The Kier molecular flexibility index (Phi) is 5.47. The highest BCUT2D eigenvalue weighted by Gasteiger charge is 2.38. The zero-order valence-corrected chi connectivity index (χ0v) is 13.7. The molecule has 1 saturated heterocycles. The lowest BCUT2D eigenvalue weighted by atomic mass is 10.0. The van der Waals surface area contributed by atoms with Crippen LogP contribution in [-0.4, -0.2) is 39.2 Å². The summed E-state index contributed by atoms with van der Waals surface area (Å²) in [5, 5.41) is 0.147. The normalized spacial score (nSPS) is 25.4. The first-order chi connectivity index (χ1) is 8.65.